The Morgan fingerprint density at radius 1 is 1.19 bits per heavy atom. The van der Waals surface area contributed by atoms with Crippen LogP contribution in [0.25, 0.3) is 0 Å². The molecule has 0 radical (unpaired) electrons. The van der Waals surface area contributed by atoms with E-state index in [1.807, 2.05) is 0 Å². The molecule has 1 nitrogen and oxygen atoms in total. The third-order valence-electron chi connectivity index (χ3n) is 7.76. The van der Waals surface area contributed by atoms with Gasteiger partial charge in [0, 0.05) is 5.41 Å². The maximum absolute atomic E-state index is 10.9. The summed E-state index contributed by atoms with van der Waals surface area (Å²) in [4.78, 5) is 0. The third-order valence-corrected chi connectivity index (χ3v) is 7.76. The van der Waals surface area contributed by atoms with Gasteiger partial charge in [-0.3, -0.25) is 0 Å². The summed E-state index contributed by atoms with van der Waals surface area (Å²) in [7, 11) is 0. The first-order valence-electron chi connectivity index (χ1n) is 8.98. The van der Waals surface area contributed by atoms with Crippen LogP contribution >= 0.6 is 0 Å². The van der Waals surface area contributed by atoms with Crippen molar-refractivity contribution in [2.45, 2.75) is 70.3 Å². The van der Waals surface area contributed by atoms with Crippen molar-refractivity contribution in [1.29, 1.82) is 0 Å². The molecular weight excluding hydrogens is 256 g/mol. The Balaban J connectivity index is 1.67. The molecule has 21 heavy (non-hydrogen) atoms. The lowest BCUT2D eigenvalue weighted by molar-refractivity contribution is -0.0813. The van der Waals surface area contributed by atoms with E-state index in [4.69, 9.17) is 6.42 Å². The molecule has 0 unspecified atom stereocenters. The lowest BCUT2D eigenvalue weighted by Gasteiger charge is -2.54. The predicted octanol–water partition coefficient (Wildman–Crippen LogP) is 4.31. The highest BCUT2D eigenvalue weighted by Gasteiger charge is 2.61. The predicted molar refractivity (Wildman–Crippen MR) is 85.5 cm³/mol. The minimum absolute atomic E-state index is 0.0388. The molecule has 1 heteroatoms. The number of rotatable bonds is 0. The van der Waals surface area contributed by atoms with Crippen molar-refractivity contribution >= 4 is 0 Å². The summed E-state index contributed by atoms with van der Waals surface area (Å²) >= 11 is 0. The van der Waals surface area contributed by atoms with Crippen LogP contribution in [-0.2, 0) is 0 Å². The summed E-state index contributed by atoms with van der Waals surface area (Å²) in [5, 5.41) is 10.9. The number of fused-ring (bicyclic) bond motifs is 5. The first kappa shape index (κ1) is 13.9. The van der Waals surface area contributed by atoms with E-state index in [2.05, 4.69) is 18.9 Å². The fourth-order valence-electron chi connectivity index (χ4n) is 6.50. The topological polar surface area (TPSA) is 20.2 Å². The van der Waals surface area contributed by atoms with Crippen LogP contribution in [0.4, 0.5) is 0 Å². The van der Waals surface area contributed by atoms with E-state index in [1.165, 1.54) is 38.5 Å². The second-order valence-electron chi connectivity index (χ2n) is 8.30. The van der Waals surface area contributed by atoms with Gasteiger partial charge in [0.25, 0.3) is 0 Å². The molecule has 4 aliphatic carbocycles. The SMILES string of the molecule is C#C[C@@]1(O)CC[C@@H]2[C@H]3CC=C4CCCC[C@H]4[C@@H]3CC[C@]21C. The number of hydrogen-bond acceptors (Lipinski definition) is 1. The van der Waals surface area contributed by atoms with Crippen molar-refractivity contribution in [1.82, 2.24) is 0 Å². The van der Waals surface area contributed by atoms with Crippen molar-refractivity contribution in [3.8, 4) is 12.3 Å². The highest BCUT2D eigenvalue weighted by Crippen LogP contribution is 2.64. The Morgan fingerprint density at radius 3 is 2.86 bits per heavy atom. The van der Waals surface area contributed by atoms with Crippen LogP contribution in [0.1, 0.15) is 64.7 Å². The third kappa shape index (κ3) is 1.75. The maximum Gasteiger partial charge on any atom is 0.130 e. The standard InChI is InChI=1S/C20H28O/c1-3-20(21)13-11-18-17-9-8-14-6-4-5-7-15(14)16(17)10-12-19(18,20)2/h1,8,15-18,21H,4-7,9-13H2,2H3/t15-,16+,17+,18-,19-,20-/m1/s1. The Hall–Kier alpha value is -0.740. The zero-order chi connectivity index (χ0) is 14.7. The second-order valence-corrected chi connectivity index (χ2v) is 8.30. The van der Waals surface area contributed by atoms with Crippen molar-refractivity contribution < 1.29 is 5.11 Å². The van der Waals surface area contributed by atoms with Crippen LogP contribution in [0.5, 0.6) is 0 Å². The molecule has 6 atom stereocenters. The zero-order valence-corrected chi connectivity index (χ0v) is 13.3. The van der Waals surface area contributed by atoms with E-state index >= 15 is 0 Å². The molecule has 4 aliphatic rings. The van der Waals surface area contributed by atoms with E-state index in [0.717, 1.165) is 37.0 Å². The van der Waals surface area contributed by atoms with Gasteiger partial charge in [-0.25, -0.2) is 0 Å². The molecule has 0 amide bonds. The number of aliphatic hydroxyl groups is 1. The maximum atomic E-state index is 10.9. The van der Waals surface area contributed by atoms with E-state index < -0.39 is 5.60 Å². The Labute approximate surface area is 129 Å². The number of terminal acetylenes is 1. The van der Waals surface area contributed by atoms with Crippen molar-refractivity contribution in [3.63, 3.8) is 0 Å². The quantitative estimate of drug-likeness (QED) is 0.519. The van der Waals surface area contributed by atoms with Gasteiger partial charge in [-0.05, 0) is 75.0 Å². The summed E-state index contributed by atoms with van der Waals surface area (Å²) in [5.74, 6) is 5.92. The first-order chi connectivity index (χ1) is 10.1. The summed E-state index contributed by atoms with van der Waals surface area (Å²) in [5.41, 5.74) is 0.888. The average Bonchev–Trinajstić information content (AvgIpc) is 2.79. The lowest BCUT2D eigenvalue weighted by atomic mass is 9.51. The fraction of sp³-hybridized carbons (Fsp3) is 0.800. The average molecular weight is 284 g/mol. The molecule has 0 bridgehead atoms. The Morgan fingerprint density at radius 2 is 2.05 bits per heavy atom. The molecule has 0 heterocycles. The van der Waals surface area contributed by atoms with Crippen LogP contribution in [0.2, 0.25) is 0 Å². The highest BCUT2D eigenvalue weighted by molar-refractivity contribution is 5.25. The minimum Gasteiger partial charge on any atom is -0.377 e. The lowest BCUT2D eigenvalue weighted by Crippen LogP contribution is -2.51. The van der Waals surface area contributed by atoms with Crippen LogP contribution in [0, 0.1) is 41.4 Å². The summed E-state index contributed by atoms with van der Waals surface area (Å²) < 4.78 is 0. The smallest absolute Gasteiger partial charge is 0.130 e. The van der Waals surface area contributed by atoms with Gasteiger partial charge in [-0.15, -0.1) is 6.42 Å². The molecular formula is C20H28O. The first-order valence-corrected chi connectivity index (χ1v) is 8.98. The van der Waals surface area contributed by atoms with Crippen LogP contribution in [0.3, 0.4) is 0 Å². The molecule has 0 spiro atoms. The monoisotopic (exact) mass is 284 g/mol. The van der Waals surface area contributed by atoms with Crippen molar-refractivity contribution in [3.05, 3.63) is 11.6 Å². The van der Waals surface area contributed by atoms with Gasteiger partial charge in [-0.1, -0.05) is 30.9 Å². The Bertz CT molecular complexity index is 512. The molecule has 0 aromatic rings. The molecule has 1 N–H and O–H groups in total. The van der Waals surface area contributed by atoms with Gasteiger partial charge < -0.3 is 5.11 Å². The van der Waals surface area contributed by atoms with E-state index in [9.17, 15) is 5.11 Å². The molecule has 0 aromatic heterocycles. The summed E-state index contributed by atoms with van der Waals surface area (Å²) in [6, 6.07) is 0. The Kier molecular flexibility index (Phi) is 3.06. The minimum atomic E-state index is -0.848. The van der Waals surface area contributed by atoms with Crippen LogP contribution < -0.4 is 0 Å². The molecule has 3 saturated carbocycles. The van der Waals surface area contributed by atoms with Gasteiger partial charge in [0.2, 0.25) is 0 Å². The second kappa shape index (κ2) is 4.63. The van der Waals surface area contributed by atoms with Crippen molar-refractivity contribution in [2.75, 3.05) is 0 Å². The molecule has 0 aromatic carbocycles. The summed E-state index contributed by atoms with van der Waals surface area (Å²) in [6.07, 6.45) is 19.5. The zero-order valence-electron chi connectivity index (χ0n) is 13.3. The number of allylic oxidation sites excluding steroid dienone is 2. The molecule has 3 fully saturated rings. The molecule has 114 valence electrons. The normalized spacial score (nSPS) is 52.1. The molecule has 4 rings (SSSR count). The van der Waals surface area contributed by atoms with Gasteiger partial charge in [-0.2, -0.15) is 0 Å². The fourth-order valence-corrected chi connectivity index (χ4v) is 6.50. The molecule has 0 saturated heterocycles. The van der Waals surface area contributed by atoms with Crippen molar-refractivity contribution in [2.24, 2.45) is 29.1 Å². The largest absolute Gasteiger partial charge is 0.377 e. The van der Waals surface area contributed by atoms with Gasteiger partial charge >= 0.3 is 0 Å². The van der Waals surface area contributed by atoms with Gasteiger partial charge in [0.15, 0.2) is 0 Å². The van der Waals surface area contributed by atoms with E-state index in [0.29, 0.717) is 5.92 Å². The van der Waals surface area contributed by atoms with Crippen LogP contribution in [-0.4, -0.2) is 10.7 Å². The van der Waals surface area contributed by atoms with E-state index in [-0.39, 0.29) is 5.41 Å². The summed E-state index contributed by atoms with van der Waals surface area (Å²) in [6.45, 7) is 2.28. The van der Waals surface area contributed by atoms with Crippen LogP contribution in [0.15, 0.2) is 11.6 Å². The van der Waals surface area contributed by atoms with Gasteiger partial charge in [0.05, 0.1) is 0 Å². The number of hydrogen-bond donors (Lipinski definition) is 1. The molecule has 0 aliphatic heterocycles. The van der Waals surface area contributed by atoms with Gasteiger partial charge in [0.1, 0.15) is 5.60 Å². The van der Waals surface area contributed by atoms with E-state index in [1.54, 1.807) is 5.57 Å². The highest BCUT2D eigenvalue weighted by atomic mass is 16.3.